The minimum Gasteiger partial charge on any atom is -0.390 e. The summed E-state index contributed by atoms with van der Waals surface area (Å²) in [6.45, 7) is 0.269. The van der Waals surface area contributed by atoms with E-state index in [9.17, 15) is 13.2 Å². The first-order chi connectivity index (χ1) is 8.49. The number of aromatic nitrogens is 2. The van der Waals surface area contributed by atoms with E-state index in [-0.39, 0.29) is 6.61 Å². The highest BCUT2D eigenvalue weighted by Crippen LogP contribution is 2.29. The minimum atomic E-state index is -4.31. The van der Waals surface area contributed by atoms with Gasteiger partial charge in [0, 0.05) is 12.7 Å². The van der Waals surface area contributed by atoms with Gasteiger partial charge in [-0.25, -0.2) is 4.98 Å². The smallest absolute Gasteiger partial charge is 0.390 e. The quantitative estimate of drug-likeness (QED) is 0.916. The Kier molecular flexibility index (Phi) is 3.38. The van der Waals surface area contributed by atoms with Gasteiger partial charge in [0.15, 0.2) is 0 Å². The normalized spacial score (nSPS) is 11.8. The molecule has 0 amide bonds. The highest BCUT2D eigenvalue weighted by molar-refractivity contribution is 5.24. The van der Waals surface area contributed by atoms with Crippen LogP contribution in [-0.2, 0) is 19.3 Å². The second kappa shape index (κ2) is 4.81. The fourth-order valence-corrected chi connectivity index (χ4v) is 1.58. The van der Waals surface area contributed by atoms with Crippen molar-refractivity contribution >= 4 is 0 Å². The summed E-state index contributed by atoms with van der Waals surface area (Å²) in [4.78, 5) is 3.92. The first kappa shape index (κ1) is 12.6. The van der Waals surface area contributed by atoms with Gasteiger partial charge in [-0.2, -0.15) is 13.2 Å². The van der Waals surface area contributed by atoms with Crippen LogP contribution in [0.1, 0.15) is 16.8 Å². The Morgan fingerprint density at radius 1 is 1.17 bits per heavy atom. The first-order valence-electron chi connectivity index (χ1n) is 5.26. The Morgan fingerprint density at radius 3 is 2.33 bits per heavy atom. The second-order valence-corrected chi connectivity index (χ2v) is 3.89. The van der Waals surface area contributed by atoms with E-state index in [1.807, 2.05) is 0 Å². The van der Waals surface area contributed by atoms with Crippen molar-refractivity contribution in [1.29, 1.82) is 0 Å². The van der Waals surface area contributed by atoms with Crippen LogP contribution in [0.2, 0.25) is 0 Å². The van der Waals surface area contributed by atoms with Crippen molar-refractivity contribution in [3.8, 4) is 0 Å². The van der Waals surface area contributed by atoms with E-state index in [0.29, 0.717) is 12.2 Å². The van der Waals surface area contributed by atoms with E-state index < -0.39 is 11.7 Å². The van der Waals surface area contributed by atoms with Crippen LogP contribution < -0.4 is 0 Å². The van der Waals surface area contributed by atoms with Gasteiger partial charge in [0.25, 0.3) is 0 Å². The summed E-state index contributed by atoms with van der Waals surface area (Å²) in [5.74, 6) is 0. The van der Waals surface area contributed by atoms with Gasteiger partial charge in [0.1, 0.15) is 0 Å². The van der Waals surface area contributed by atoms with Crippen molar-refractivity contribution in [3.05, 3.63) is 53.6 Å². The third-order valence-electron chi connectivity index (χ3n) is 2.50. The maximum atomic E-state index is 12.4. The molecular weight excluding hydrogens is 245 g/mol. The fourth-order valence-electron chi connectivity index (χ4n) is 1.58. The van der Waals surface area contributed by atoms with Crippen LogP contribution >= 0.6 is 0 Å². The molecule has 3 nitrogen and oxygen atoms in total. The number of alkyl halides is 3. The highest BCUT2D eigenvalue weighted by atomic mass is 19.4. The molecule has 0 saturated carbocycles. The van der Waals surface area contributed by atoms with Crippen molar-refractivity contribution in [3.63, 3.8) is 0 Å². The van der Waals surface area contributed by atoms with Gasteiger partial charge in [-0.05, 0) is 17.7 Å². The lowest BCUT2D eigenvalue weighted by molar-refractivity contribution is -0.137. The van der Waals surface area contributed by atoms with E-state index in [1.165, 1.54) is 18.5 Å². The first-order valence-corrected chi connectivity index (χ1v) is 5.26. The van der Waals surface area contributed by atoms with Crippen molar-refractivity contribution < 1.29 is 18.3 Å². The largest absolute Gasteiger partial charge is 0.416 e. The van der Waals surface area contributed by atoms with Crippen molar-refractivity contribution in [2.45, 2.75) is 19.3 Å². The second-order valence-electron chi connectivity index (χ2n) is 3.89. The molecule has 0 aliphatic heterocycles. The standard InChI is InChI=1S/C12H11F3N2O/c13-12(14,15)10-3-1-9(2-4-10)5-17-6-11(7-18)16-8-17/h1-4,6,8,18H,5,7H2. The maximum absolute atomic E-state index is 12.4. The zero-order chi connectivity index (χ0) is 13.2. The molecule has 6 heteroatoms. The summed E-state index contributed by atoms with van der Waals surface area (Å²) < 4.78 is 38.8. The van der Waals surface area contributed by atoms with Crippen LogP contribution in [0.3, 0.4) is 0 Å². The topological polar surface area (TPSA) is 38.0 Å². The molecule has 0 unspecified atom stereocenters. The Bertz CT molecular complexity index is 517. The lowest BCUT2D eigenvalue weighted by Gasteiger charge is -2.07. The SMILES string of the molecule is OCc1cn(Cc2ccc(C(F)(F)F)cc2)cn1. The number of hydrogen-bond acceptors (Lipinski definition) is 2. The Labute approximate surface area is 102 Å². The van der Waals surface area contributed by atoms with Gasteiger partial charge in [-0.3, -0.25) is 0 Å². The van der Waals surface area contributed by atoms with Gasteiger partial charge in [-0.1, -0.05) is 12.1 Å². The third-order valence-corrected chi connectivity index (χ3v) is 2.50. The summed E-state index contributed by atoms with van der Waals surface area (Å²) in [5.41, 5.74) is 0.611. The average molecular weight is 256 g/mol. The van der Waals surface area contributed by atoms with Crippen LogP contribution in [0.5, 0.6) is 0 Å². The molecular formula is C12H11F3N2O. The molecule has 0 saturated heterocycles. The molecule has 96 valence electrons. The maximum Gasteiger partial charge on any atom is 0.416 e. The molecule has 0 atom stereocenters. The summed E-state index contributed by atoms with van der Waals surface area (Å²) >= 11 is 0. The molecule has 1 N–H and O–H groups in total. The minimum absolute atomic E-state index is 0.153. The van der Waals surface area contributed by atoms with Gasteiger partial charge in [0.05, 0.1) is 24.2 Å². The van der Waals surface area contributed by atoms with Crippen LogP contribution in [0, 0.1) is 0 Å². The van der Waals surface area contributed by atoms with Crippen molar-refractivity contribution in [2.24, 2.45) is 0 Å². The number of nitrogens with zero attached hydrogens (tertiary/aromatic N) is 2. The number of hydrogen-bond donors (Lipinski definition) is 1. The molecule has 0 bridgehead atoms. The number of aliphatic hydroxyl groups is 1. The Balaban J connectivity index is 2.11. The van der Waals surface area contributed by atoms with Gasteiger partial charge in [-0.15, -0.1) is 0 Å². The number of rotatable bonds is 3. The van der Waals surface area contributed by atoms with Crippen molar-refractivity contribution in [1.82, 2.24) is 9.55 Å². The number of halogens is 3. The van der Waals surface area contributed by atoms with E-state index in [4.69, 9.17) is 5.11 Å². The van der Waals surface area contributed by atoms with E-state index in [2.05, 4.69) is 4.98 Å². The van der Waals surface area contributed by atoms with Gasteiger partial charge >= 0.3 is 6.18 Å². The molecule has 0 radical (unpaired) electrons. The molecule has 2 aromatic rings. The Hall–Kier alpha value is -1.82. The lowest BCUT2D eigenvalue weighted by Crippen LogP contribution is -2.05. The highest BCUT2D eigenvalue weighted by Gasteiger charge is 2.29. The summed E-state index contributed by atoms with van der Waals surface area (Å²) in [6.07, 6.45) is -1.13. The van der Waals surface area contributed by atoms with Gasteiger partial charge < -0.3 is 9.67 Å². The fraction of sp³-hybridized carbons (Fsp3) is 0.250. The third kappa shape index (κ3) is 2.89. The van der Waals surface area contributed by atoms with E-state index in [0.717, 1.165) is 17.7 Å². The van der Waals surface area contributed by atoms with E-state index >= 15 is 0 Å². The summed E-state index contributed by atoms with van der Waals surface area (Å²) in [5, 5.41) is 8.84. The predicted octanol–water partition coefficient (Wildman–Crippen LogP) is 2.44. The number of benzene rings is 1. The number of aliphatic hydroxyl groups excluding tert-OH is 1. The van der Waals surface area contributed by atoms with Crippen LogP contribution in [0.4, 0.5) is 13.2 Å². The molecule has 0 fully saturated rings. The molecule has 2 rings (SSSR count). The molecule has 18 heavy (non-hydrogen) atoms. The Morgan fingerprint density at radius 2 is 1.83 bits per heavy atom. The van der Waals surface area contributed by atoms with Gasteiger partial charge in [0.2, 0.25) is 0 Å². The lowest BCUT2D eigenvalue weighted by atomic mass is 10.1. The zero-order valence-corrected chi connectivity index (χ0v) is 9.35. The summed E-state index contributed by atoms with van der Waals surface area (Å²) in [6, 6.07) is 4.97. The average Bonchev–Trinajstić information content (AvgIpc) is 2.76. The van der Waals surface area contributed by atoms with Crippen LogP contribution in [0.15, 0.2) is 36.8 Å². The molecule has 0 aliphatic rings. The molecule has 1 aromatic carbocycles. The van der Waals surface area contributed by atoms with Crippen molar-refractivity contribution in [2.75, 3.05) is 0 Å². The number of imidazole rings is 1. The predicted molar refractivity (Wildman–Crippen MR) is 58.7 cm³/mol. The summed E-state index contributed by atoms with van der Waals surface area (Å²) in [7, 11) is 0. The van der Waals surface area contributed by atoms with Crippen LogP contribution in [0.25, 0.3) is 0 Å². The van der Waals surface area contributed by atoms with Crippen LogP contribution in [-0.4, -0.2) is 14.7 Å². The van der Waals surface area contributed by atoms with E-state index in [1.54, 1.807) is 10.8 Å². The zero-order valence-electron chi connectivity index (χ0n) is 9.35. The molecule has 0 spiro atoms. The molecule has 0 aliphatic carbocycles. The molecule has 1 heterocycles. The molecule has 1 aromatic heterocycles. The monoisotopic (exact) mass is 256 g/mol.